The zero-order valence-electron chi connectivity index (χ0n) is 16.4. The highest BCUT2D eigenvalue weighted by Gasteiger charge is 2.06. The zero-order chi connectivity index (χ0) is 19.2. The minimum absolute atomic E-state index is 0. The van der Waals surface area contributed by atoms with E-state index in [2.05, 4.69) is 57.6 Å². The van der Waals surface area contributed by atoms with E-state index >= 15 is 0 Å². The number of aromatic nitrogens is 2. The van der Waals surface area contributed by atoms with E-state index in [1.54, 1.807) is 6.20 Å². The smallest absolute Gasteiger partial charge is 0.227 e. The van der Waals surface area contributed by atoms with E-state index in [-0.39, 0.29) is 12.4 Å². The molecule has 0 amide bonds. The molecule has 1 aliphatic rings. The van der Waals surface area contributed by atoms with E-state index in [0.29, 0.717) is 12.6 Å². The Morgan fingerprint density at radius 3 is 2.86 bits per heavy atom. The summed E-state index contributed by atoms with van der Waals surface area (Å²) in [6, 6.07) is 18.3. The molecule has 1 aliphatic heterocycles. The standard InChI is InChI=1S/C23H24N4O.ClH/c1-27-13-3-2-4-14-28-21-10-6-8-19(16-21)22-11-12-24-23(26-22)25-20-9-5-7-18(15-20)17-27;/h2-3,5-12,15-16H,4,13-14,17H2,1H3,(H,24,25,26);1H/b3-2-;. The number of anilines is 2. The lowest BCUT2D eigenvalue weighted by Crippen LogP contribution is -2.17. The molecule has 5 nitrogen and oxygen atoms in total. The van der Waals surface area contributed by atoms with E-state index in [1.807, 2.05) is 36.4 Å². The van der Waals surface area contributed by atoms with Crippen LogP contribution >= 0.6 is 12.4 Å². The van der Waals surface area contributed by atoms with Gasteiger partial charge in [0.25, 0.3) is 0 Å². The molecule has 150 valence electrons. The number of nitrogens with zero attached hydrogens (tertiary/aromatic N) is 3. The van der Waals surface area contributed by atoms with Crippen LogP contribution in [0.25, 0.3) is 11.3 Å². The summed E-state index contributed by atoms with van der Waals surface area (Å²) >= 11 is 0. The van der Waals surface area contributed by atoms with Crippen LogP contribution in [0, 0.1) is 0 Å². The van der Waals surface area contributed by atoms with Crippen LogP contribution in [0.4, 0.5) is 11.6 Å². The normalized spacial score (nSPS) is 15.6. The van der Waals surface area contributed by atoms with Crippen molar-refractivity contribution in [3.8, 4) is 17.0 Å². The molecule has 1 N–H and O–H groups in total. The Hall–Kier alpha value is -2.89. The van der Waals surface area contributed by atoms with E-state index in [9.17, 15) is 0 Å². The van der Waals surface area contributed by atoms with Crippen molar-refractivity contribution in [3.63, 3.8) is 0 Å². The van der Waals surface area contributed by atoms with Gasteiger partial charge in [-0.15, -0.1) is 12.4 Å². The number of rotatable bonds is 0. The predicted octanol–water partition coefficient (Wildman–Crippen LogP) is 5.08. The van der Waals surface area contributed by atoms with Gasteiger partial charge in [-0.1, -0.05) is 36.4 Å². The second kappa shape index (κ2) is 10.0. The molecule has 1 aromatic heterocycles. The molecule has 2 aromatic carbocycles. The van der Waals surface area contributed by atoms with Crippen molar-refractivity contribution >= 4 is 24.0 Å². The average molecular weight is 409 g/mol. The second-order valence-corrected chi connectivity index (χ2v) is 6.92. The van der Waals surface area contributed by atoms with Crippen LogP contribution < -0.4 is 10.1 Å². The van der Waals surface area contributed by atoms with Gasteiger partial charge in [-0.25, -0.2) is 9.97 Å². The van der Waals surface area contributed by atoms with Crippen molar-refractivity contribution in [2.24, 2.45) is 0 Å². The Morgan fingerprint density at radius 2 is 1.93 bits per heavy atom. The van der Waals surface area contributed by atoms with Gasteiger partial charge in [0.05, 0.1) is 12.3 Å². The molecular weight excluding hydrogens is 384 g/mol. The van der Waals surface area contributed by atoms with Crippen molar-refractivity contribution in [1.29, 1.82) is 0 Å². The molecule has 0 aliphatic carbocycles. The molecule has 0 fully saturated rings. The van der Waals surface area contributed by atoms with Gasteiger partial charge in [-0.05, 0) is 49.4 Å². The van der Waals surface area contributed by atoms with Crippen molar-refractivity contribution in [2.75, 3.05) is 25.5 Å². The van der Waals surface area contributed by atoms with Gasteiger partial charge >= 0.3 is 0 Å². The Kier molecular flexibility index (Phi) is 7.22. The van der Waals surface area contributed by atoms with Crippen molar-refractivity contribution < 1.29 is 4.74 Å². The van der Waals surface area contributed by atoms with Gasteiger partial charge in [-0.2, -0.15) is 0 Å². The van der Waals surface area contributed by atoms with E-state index in [1.165, 1.54) is 5.56 Å². The summed E-state index contributed by atoms with van der Waals surface area (Å²) in [5.74, 6) is 1.43. The lowest BCUT2D eigenvalue weighted by molar-refractivity contribution is 0.324. The number of hydrogen-bond acceptors (Lipinski definition) is 5. The third kappa shape index (κ3) is 5.79. The van der Waals surface area contributed by atoms with Gasteiger partial charge in [0, 0.05) is 30.5 Å². The van der Waals surface area contributed by atoms with Crippen LogP contribution in [0.2, 0.25) is 0 Å². The summed E-state index contributed by atoms with van der Waals surface area (Å²) < 4.78 is 5.90. The lowest BCUT2D eigenvalue weighted by atomic mass is 10.1. The van der Waals surface area contributed by atoms with Crippen LogP contribution in [0.1, 0.15) is 12.0 Å². The maximum Gasteiger partial charge on any atom is 0.227 e. The number of nitrogens with one attached hydrogen (secondary N) is 1. The highest BCUT2D eigenvalue weighted by atomic mass is 35.5. The molecule has 0 unspecified atom stereocenters. The monoisotopic (exact) mass is 408 g/mol. The summed E-state index contributed by atoms with van der Waals surface area (Å²) in [6.07, 6.45) is 7.04. The molecule has 0 spiro atoms. The third-order valence-corrected chi connectivity index (χ3v) is 4.56. The minimum atomic E-state index is 0. The highest BCUT2D eigenvalue weighted by Crippen LogP contribution is 2.24. The van der Waals surface area contributed by atoms with Crippen LogP contribution in [-0.4, -0.2) is 35.1 Å². The van der Waals surface area contributed by atoms with Crippen LogP contribution in [0.15, 0.2) is 72.9 Å². The first kappa shape index (κ1) is 20.8. The Labute approximate surface area is 177 Å². The average Bonchev–Trinajstić information content (AvgIpc) is 2.71. The number of hydrogen-bond donors (Lipinski definition) is 1. The van der Waals surface area contributed by atoms with E-state index in [0.717, 1.165) is 42.2 Å². The fourth-order valence-electron chi connectivity index (χ4n) is 3.19. The van der Waals surface area contributed by atoms with Gasteiger partial charge in [0.2, 0.25) is 5.95 Å². The first-order valence-electron chi connectivity index (χ1n) is 9.52. The second-order valence-electron chi connectivity index (χ2n) is 6.92. The summed E-state index contributed by atoms with van der Waals surface area (Å²) in [5, 5.41) is 3.32. The molecule has 4 rings (SSSR count). The topological polar surface area (TPSA) is 50.3 Å². The first-order chi connectivity index (χ1) is 13.8. The number of fused-ring (bicyclic) bond motifs is 7. The number of halogens is 1. The molecule has 0 saturated heterocycles. The van der Waals surface area contributed by atoms with Crippen molar-refractivity contribution in [2.45, 2.75) is 13.0 Å². The lowest BCUT2D eigenvalue weighted by Gasteiger charge is -2.15. The molecule has 3 aromatic rings. The molecule has 6 heteroatoms. The van der Waals surface area contributed by atoms with Crippen LogP contribution in [0.5, 0.6) is 5.75 Å². The predicted molar refractivity (Wildman–Crippen MR) is 120 cm³/mol. The first-order valence-corrected chi connectivity index (χ1v) is 9.52. The largest absolute Gasteiger partial charge is 0.493 e. The highest BCUT2D eigenvalue weighted by molar-refractivity contribution is 5.85. The van der Waals surface area contributed by atoms with Gasteiger partial charge in [0.1, 0.15) is 5.75 Å². The summed E-state index contributed by atoms with van der Waals surface area (Å²) in [4.78, 5) is 11.3. The summed E-state index contributed by atoms with van der Waals surface area (Å²) in [6.45, 7) is 2.43. The van der Waals surface area contributed by atoms with Gasteiger partial charge in [0.15, 0.2) is 0 Å². The Bertz CT molecular complexity index is 976. The summed E-state index contributed by atoms with van der Waals surface area (Å²) in [5.41, 5.74) is 4.10. The Balaban J connectivity index is 0.00000240. The molecule has 0 radical (unpaired) electrons. The van der Waals surface area contributed by atoms with Gasteiger partial charge in [-0.3, -0.25) is 4.90 Å². The third-order valence-electron chi connectivity index (χ3n) is 4.56. The fraction of sp³-hybridized carbons (Fsp3) is 0.217. The zero-order valence-corrected chi connectivity index (χ0v) is 17.2. The molecule has 29 heavy (non-hydrogen) atoms. The maximum atomic E-state index is 5.90. The SMILES string of the molecule is CN1C/C=C\CCOc2cccc(c2)-c2ccnc(n2)Nc2cccc(c2)C1.Cl. The van der Waals surface area contributed by atoms with Crippen LogP contribution in [0.3, 0.4) is 0 Å². The van der Waals surface area contributed by atoms with Crippen molar-refractivity contribution in [3.05, 3.63) is 78.5 Å². The Morgan fingerprint density at radius 1 is 1.03 bits per heavy atom. The molecular formula is C23H25ClN4O. The van der Waals surface area contributed by atoms with Crippen molar-refractivity contribution in [1.82, 2.24) is 14.9 Å². The number of ether oxygens (including phenoxy) is 1. The number of likely N-dealkylation sites (N-methyl/N-ethyl adjacent to an activating group) is 1. The molecule has 6 bridgehead atoms. The van der Waals surface area contributed by atoms with E-state index in [4.69, 9.17) is 4.74 Å². The number of benzene rings is 2. The molecule has 0 atom stereocenters. The molecule has 2 heterocycles. The quantitative estimate of drug-likeness (QED) is 0.525. The summed E-state index contributed by atoms with van der Waals surface area (Å²) in [7, 11) is 2.12. The maximum absolute atomic E-state index is 5.90. The van der Waals surface area contributed by atoms with E-state index < -0.39 is 0 Å². The van der Waals surface area contributed by atoms with Crippen LogP contribution in [-0.2, 0) is 6.54 Å². The van der Waals surface area contributed by atoms with Gasteiger partial charge < -0.3 is 10.1 Å². The molecule has 0 saturated carbocycles. The minimum Gasteiger partial charge on any atom is -0.493 e. The fourth-order valence-corrected chi connectivity index (χ4v) is 3.19.